The maximum Gasteiger partial charge on any atom is 0.191 e. The molecule has 2 N–H and O–H groups in total. The zero-order valence-electron chi connectivity index (χ0n) is 15.0. The Labute approximate surface area is 163 Å². The van der Waals surface area contributed by atoms with Crippen molar-refractivity contribution in [3.63, 3.8) is 0 Å². The summed E-state index contributed by atoms with van der Waals surface area (Å²) < 4.78 is 5.69. The number of nitrogens with zero attached hydrogens (tertiary/aromatic N) is 1. The summed E-state index contributed by atoms with van der Waals surface area (Å²) >= 11 is 0. The molecule has 1 fully saturated rings. The first-order chi connectivity index (χ1) is 11.3. The number of hydrogen-bond donors (Lipinski definition) is 2. The lowest BCUT2D eigenvalue weighted by molar-refractivity contribution is 0.121. The lowest BCUT2D eigenvalue weighted by Crippen LogP contribution is -2.42. The maximum atomic E-state index is 5.69. The topological polar surface area (TPSA) is 45.6 Å². The Morgan fingerprint density at radius 2 is 1.88 bits per heavy atom. The second-order valence-corrected chi connectivity index (χ2v) is 6.14. The zero-order valence-corrected chi connectivity index (χ0v) is 17.3. The lowest BCUT2D eigenvalue weighted by Gasteiger charge is -2.17. The van der Waals surface area contributed by atoms with E-state index in [1.807, 2.05) is 0 Å². The van der Waals surface area contributed by atoms with Crippen LogP contribution in [0.1, 0.15) is 57.1 Å². The van der Waals surface area contributed by atoms with Crippen molar-refractivity contribution in [3.05, 3.63) is 35.4 Å². The van der Waals surface area contributed by atoms with E-state index in [2.05, 4.69) is 48.7 Å². The Hall–Kier alpha value is -0.820. The fourth-order valence-electron chi connectivity index (χ4n) is 2.93. The largest absolute Gasteiger partial charge is 0.377 e. The molecule has 2 rings (SSSR count). The van der Waals surface area contributed by atoms with E-state index in [1.54, 1.807) is 0 Å². The van der Waals surface area contributed by atoms with Crippen LogP contribution in [0.5, 0.6) is 0 Å². The highest BCUT2D eigenvalue weighted by Crippen LogP contribution is 2.17. The van der Waals surface area contributed by atoms with Gasteiger partial charge in [0.2, 0.25) is 0 Å². The van der Waals surface area contributed by atoms with Crippen LogP contribution in [0.3, 0.4) is 0 Å². The van der Waals surface area contributed by atoms with Crippen LogP contribution in [-0.4, -0.2) is 25.2 Å². The predicted octanol–water partition coefficient (Wildman–Crippen LogP) is 4.23. The molecule has 0 heterocycles. The van der Waals surface area contributed by atoms with Crippen LogP contribution in [0, 0.1) is 0 Å². The van der Waals surface area contributed by atoms with Crippen molar-refractivity contribution in [3.8, 4) is 0 Å². The molecule has 5 heteroatoms. The quantitative estimate of drug-likeness (QED) is 0.273. The van der Waals surface area contributed by atoms with Gasteiger partial charge in [-0.2, -0.15) is 0 Å². The molecule has 0 aliphatic heterocycles. The monoisotopic (exact) mass is 445 g/mol. The fraction of sp³-hybridized carbons (Fsp3) is 0.632. The predicted molar refractivity (Wildman–Crippen MR) is 112 cm³/mol. The van der Waals surface area contributed by atoms with Gasteiger partial charge in [0.1, 0.15) is 0 Å². The van der Waals surface area contributed by atoms with E-state index in [0.29, 0.717) is 19.2 Å². The van der Waals surface area contributed by atoms with Gasteiger partial charge in [0.25, 0.3) is 0 Å². The third-order valence-electron chi connectivity index (χ3n) is 4.17. The number of nitrogens with one attached hydrogen (secondary N) is 2. The highest BCUT2D eigenvalue weighted by atomic mass is 127. The first-order valence-electron chi connectivity index (χ1n) is 9.02. The summed E-state index contributed by atoms with van der Waals surface area (Å²) in [6.07, 6.45) is 6.22. The summed E-state index contributed by atoms with van der Waals surface area (Å²) in [6.45, 7) is 7.30. The zero-order chi connectivity index (χ0) is 16.3. The van der Waals surface area contributed by atoms with Gasteiger partial charge in [-0.1, -0.05) is 44.0 Å². The van der Waals surface area contributed by atoms with E-state index in [9.17, 15) is 0 Å². The number of halogens is 1. The Balaban J connectivity index is 0.00000288. The maximum absolute atomic E-state index is 5.69. The Morgan fingerprint density at radius 1 is 1.17 bits per heavy atom. The van der Waals surface area contributed by atoms with E-state index in [4.69, 9.17) is 9.73 Å². The van der Waals surface area contributed by atoms with Crippen LogP contribution in [0.15, 0.2) is 29.3 Å². The molecule has 1 aliphatic rings. The molecule has 0 aromatic heterocycles. The molecule has 1 aliphatic carbocycles. The molecule has 0 atom stereocenters. The van der Waals surface area contributed by atoms with Crippen LogP contribution in [0.25, 0.3) is 0 Å². The highest BCUT2D eigenvalue weighted by Gasteiger charge is 2.15. The molecular formula is C19H32IN3O. The van der Waals surface area contributed by atoms with E-state index in [0.717, 1.165) is 25.5 Å². The molecule has 4 nitrogen and oxygen atoms in total. The molecule has 136 valence electrons. The summed E-state index contributed by atoms with van der Waals surface area (Å²) in [6, 6.07) is 9.01. The van der Waals surface area contributed by atoms with E-state index in [-0.39, 0.29) is 24.0 Å². The first kappa shape index (κ1) is 21.2. The number of guanidine groups is 1. The van der Waals surface area contributed by atoms with Gasteiger partial charge in [-0.3, -0.25) is 0 Å². The second-order valence-electron chi connectivity index (χ2n) is 6.14. The highest BCUT2D eigenvalue weighted by molar-refractivity contribution is 14.0. The smallest absolute Gasteiger partial charge is 0.191 e. The minimum Gasteiger partial charge on any atom is -0.377 e. The molecule has 0 spiro atoms. The van der Waals surface area contributed by atoms with Crippen LogP contribution >= 0.6 is 24.0 Å². The summed E-state index contributed by atoms with van der Waals surface area (Å²) in [5, 5.41) is 6.93. The first-order valence-corrected chi connectivity index (χ1v) is 9.02. The average Bonchev–Trinajstić information content (AvgIpc) is 3.07. The van der Waals surface area contributed by atoms with Crippen molar-refractivity contribution >= 4 is 29.9 Å². The third kappa shape index (κ3) is 7.38. The van der Waals surface area contributed by atoms with E-state index < -0.39 is 0 Å². The normalized spacial score (nSPS) is 15.2. The van der Waals surface area contributed by atoms with Crippen LogP contribution in [0.2, 0.25) is 0 Å². The van der Waals surface area contributed by atoms with Crippen LogP contribution < -0.4 is 10.6 Å². The second kappa shape index (κ2) is 12.5. The Kier molecular flexibility index (Phi) is 11.1. The summed E-state index contributed by atoms with van der Waals surface area (Å²) in [7, 11) is 0. The Bertz CT molecular complexity index is 487. The van der Waals surface area contributed by atoms with Crippen molar-refractivity contribution in [1.29, 1.82) is 0 Å². The molecule has 1 saturated carbocycles. The van der Waals surface area contributed by atoms with Crippen molar-refractivity contribution in [2.45, 2.75) is 65.1 Å². The van der Waals surface area contributed by atoms with Gasteiger partial charge in [-0.05, 0) is 37.3 Å². The molecule has 0 amide bonds. The van der Waals surface area contributed by atoms with Crippen molar-refractivity contribution in [2.24, 2.45) is 4.99 Å². The number of benzene rings is 1. The molecule has 0 unspecified atom stereocenters. The molecule has 0 saturated heterocycles. The summed E-state index contributed by atoms with van der Waals surface area (Å²) in [4.78, 5) is 4.77. The molecule has 0 radical (unpaired) electrons. The van der Waals surface area contributed by atoms with Crippen LogP contribution in [0.4, 0.5) is 0 Å². The summed E-state index contributed by atoms with van der Waals surface area (Å²) in [5.41, 5.74) is 2.48. The number of ether oxygens (including phenoxy) is 1. The van der Waals surface area contributed by atoms with Gasteiger partial charge in [0, 0.05) is 19.2 Å². The van der Waals surface area contributed by atoms with Crippen LogP contribution in [-0.2, 0) is 17.9 Å². The minimum atomic E-state index is 0. The lowest BCUT2D eigenvalue weighted by atomic mass is 10.1. The molecule has 24 heavy (non-hydrogen) atoms. The average molecular weight is 445 g/mol. The molecule has 0 bridgehead atoms. The standard InChI is InChI=1S/C19H31N3O.HI/c1-3-13-23-15-17-10-6-5-9-16(17)14-21-19(20-4-2)22-18-11-7-8-12-18;/h5-6,9-10,18H,3-4,7-8,11-15H2,1-2H3,(H2,20,21,22);1H. The molecular weight excluding hydrogens is 413 g/mol. The molecule has 1 aromatic rings. The van der Waals surface area contributed by atoms with E-state index in [1.165, 1.54) is 36.8 Å². The van der Waals surface area contributed by atoms with E-state index >= 15 is 0 Å². The minimum absolute atomic E-state index is 0. The summed E-state index contributed by atoms with van der Waals surface area (Å²) in [5.74, 6) is 0.934. The number of aliphatic imine (C=N–C) groups is 1. The van der Waals surface area contributed by atoms with Crippen molar-refractivity contribution < 1.29 is 4.74 Å². The number of rotatable bonds is 8. The van der Waals surface area contributed by atoms with Gasteiger partial charge < -0.3 is 15.4 Å². The third-order valence-corrected chi connectivity index (χ3v) is 4.17. The van der Waals surface area contributed by atoms with Gasteiger partial charge in [0.15, 0.2) is 5.96 Å². The molecule has 1 aromatic carbocycles. The van der Waals surface area contributed by atoms with Gasteiger partial charge >= 0.3 is 0 Å². The van der Waals surface area contributed by atoms with Gasteiger partial charge in [-0.25, -0.2) is 4.99 Å². The van der Waals surface area contributed by atoms with Gasteiger partial charge in [0.05, 0.1) is 13.2 Å². The number of hydrogen-bond acceptors (Lipinski definition) is 2. The fourth-order valence-corrected chi connectivity index (χ4v) is 2.93. The van der Waals surface area contributed by atoms with Gasteiger partial charge in [-0.15, -0.1) is 24.0 Å². The SMILES string of the molecule is CCCOCc1ccccc1CN=C(NCC)NC1CCCC1.I. The van der Waals surface area contributed by atoms with Crippen molar-refractivity contribution in [1.82, 2.24) is 10.6 Å². The van der Waals surface area contributed by atoms with Crippen molar-refractivity contribution in [2.75, 3.05) is 13.2 Å². The Morgan fingerprint density at radius 3 is 2.54 bits per heavy atom.